The van der Waals surface area contributed by atoms with Crippen molar-refractivity contribution in [1.29, 1.82) is 0 Å². The van der Waals surface area contributed by atoms with Crippen LogP contribution in [0.15, 0.2) is 36.8 Å². The van der Waals surface area contributed by atoms with Crippen molar-refractivity contribution >= 4 is 35.3 Å². The van der Waals surface area contributed by atoms with Gasteiger partial charge in [0.25, 0.3) is 0 Å². The van der Waals surface area contributed by atoms with Gasteiger partial charge in [0, 0.05) is 40.7 Å². The van der Waals surface area contributed by atoms with E-state index in [0.717, 1.165) is 17.7 Å². The van der Waals surface area contributed by atoms with Gasteiger partial charge in [-0.3, -0.25) is 9.48 Å². The molecule has 0 spiro atoms. The van der Waals surface area contributed by atoms with Crippen molar-refractivity contribution in [2.45, 2.75) is 46.5 Å². The van der Waals surface area contributed by atoms with Crippen LogP contribution in [0.3, 0.4) is 0 Å². The highest BCUT2D eigenvalue weighted by Gasteiger charge is 2.25. The number of nitrogens with two attached hydrogens (primary N) is 1. The third kappa shape index (κ3) is 8.40. The molecule has 35 heavy (non-hydrogen) atoms. The maximum absolute atomic E-state index is 13.9. The van der Waals surface area contributed by atoms with Gasteiger partial charge in [-0.05, 0) is 30.5 Å². The molecule has 1 atom stereocenters. The van der Waals surface area contributed by atoms with Crippen molar-refractivity contribution in [1.82, 2.24) is 14.8 Å². The van der Waals surface area contributed by atoms with Crippen LogP contribution in [-0.4, -0.2) is 27.2 Å². The van der Waals surface area contributed by atoms with Gasteiger partial charge in [0.2, 0.25) is 6.29 Å². The number of rotatable bonds is 5. The standard InChI is InChI=1S/C21H23Cl2FN4O.C2HF3O/c1-12(18-15(22)5-6-16(24)19(18)23)29-17-7-13(8-26-20(17)25)14-9-27-28(10-14)11-21(2,3)4;3-2(4,5)1-6/h5-10,12H,11H2,1-4H3,(H2,25,26);1H. The Kier molecular flexibility index (Phi) is 9.13. The summed E-state index contributed by atoms with van der Waals surface area (Å²) in [4.78, 5) is 12.9. The van der Waals surface area contributed by atoms with Crippen LogP contribution in [0, 0.1) is 11.2 Å². The average Bonchev–Trinajstić information content (AvgIpc) is 3.19. The second-order valence-corrected chi connectivity index (χ2v) is 9.56. The molecule has 1 unspecified atom stereocenters. The zero-order chi connectivity index (χ0) is 26.6. The van der Waals surface area contributed by atoms with E-state index in [2.05, 4.69) is 30.9 Å². The van der Waals surface area contributed by atoms with Gasteiger partial charge in [-0.2, -0.15) is 18.3 Å². The van der Waals surface area contributed by atoms with Gasteiger partial charge < -0.3 is 10.5 Å². The second kappa shape index (κ2) is 11.3. The SMILES string of the molecule is CC(Oc1cc(-c2cnn(CC(C)(C)C)c2)cnc1N)c1c(Cl)ccc(F)c1Cl.O=CC(F)(F)F. The summed E-state index contributed by atoms with van der Waals surface area (Å²) in [6, 6.07) is 4.44. The number of aldehydes is 1. The van der Waals surface area contributed by atoms with Gasteiger partial charge in [-0.15, -0.1) is 0 Å². The fourth-order valence-corrected chi connectivity index (χ4v) is 3.64. The zero-order valence-electron chi connectivity index (χ0n) is 19.3. The molecular weight excluding hydrogens is 511 g/mol. The Hall–Kier alpha value is -2.85. The molecule has 2 heterocycles. The molecule has 0 amide bonds. The second-order valence-electron chi connectivity index (χ2n) is 8.77. The van der Waals surface area contributed by atoms with E-state index in [1.807, 2.05) is 10.9 Å². The highest BCUT2D eigenvalue weighted by atomic mass is 35.5. The minimum Gasteiger partial charge on any atom is -0.482 e. The van der Waals surface area contributed by atoms with Crippen molar-refractivity contribution in [2.75, 3.05) is 5.73 Å². The largest absolute Gasteiger partial charge is 0.482 e. The monoisotopic (exact) mass is 534 g/mol. The van der Waals surface area contributed by atoms with E-state index in [9.17, 15) is 17.6 Å². The van der Waals surface area contributed by atoms with Crippen LogP contribution in [0.5, 0.6) is 5.75 Å². The first-order valence-electron chi connectivity index (χ1n) is 10.2. The molecule has 0 radical (unpaired) electrons. The summed E-state index contributed by atoms with van der Waals surface area (Å²) in [7, 11) is 0. The molecular formula is C23H24Cl2F4N4O2. The first-order chi connectivity index (χ1) is 16.1. The molecule has 3 aromatic rings. The third-order valence-corrected chi connectivity index (χ3v) is 5.12. The summed E-state index contributed by atoms with van der Waals surface area (Å²) in [6.07, 6.45) is -0.951. The zero-order valence-corrected chi connectivity index (χ0v) is 20.8. The molecule has 0 saturated heterocycles. The third-order valence-electron chi connectivity index (χ3n) is 4.41. The molecule has 3 rings (SSSR count). The molecule has 0 aliphatic carbocycles. The number of carbonyl (C=O) groups excluding carboxylic acids is 1. The fraction of sp³-hybridized carbons (Fsp3) is 0.348. The van der Waals surface area contributed by atoms with E-state index in [1.165, 1.54) is 12.1 Å². The van der Waals surface area contributed by atoms with Crippen LogP contribution >= 0.6 is 23.2 Å². The van der Waals surface area contributed by atoms with E-state index in [-0.39, 0.29) is 16.3 Å². The number of alkyl halides is 3. The predicted octanol–water partition coefficient (Wildman–Crippen LogP) is 6.91. The lowest BCUT2D eigenvalue weighted by Crippen LogP contribution is -2.15. The van der Waals surface area contributed by atoms with Crippen LogP contribution in [0.2, 0.25) is 10.0 Å². The van der Waals surface area contributed by atoms with Crippen LogP contribution in [-0.2, 0) is 11.3 Å². The molecule has 0 aliphatic rings. The fourth-order valence-electron chi connectivity index (χ4n) is 2.96. The molecule has 0 saturated carbocycles. The number of carbonyl (C=O) groups is 1. The number of aromatic nitrogens is 3. The van der Waals surface area contributed by atoms with Gasteiger partial charge in [0.15, 0.2) is 11.6 Å². The minimum atomic E-state index is -4.64. The number of nitrogen functional groups attached to an aromatic ring is 1. The molecule has 190 valence electrons. The van der Waals surface area contributed by atoms with E-state index < -0.39 is 24.4 Å². The normalized spacial score (nSPS) is 12.5. The topological polar surface area (TPSA) is 83.0 Å². The molecule has 2 N–H and O–H groups in total. The number of ether oxygens (including phenoxy) is 1. The van der Waals surface area contributed by atoms with Crippen LogP contribution < -0.4 is 10.5 Å². The number of benzene rings is 1. The number of pyridine rings is 1. The summed E-state index contributed by atoms with van der Waals surface area (Å²) >= 11 is 12.3. The summed E-state index contributed by atoms with van der Waals surface area (Å²) in [5.41, 5.74) is 8.15. The molecule has 2 aromatic heterocycles. The van der Waals surface area contributed by atoms with Crippen LogP contribution in [0.1, 0.15) is 39.4 Å². The maximum Gasteiger partial charge on any atom is 0.446 e. The summed E-state index contributed by atoms with van der Waals surface area (Å²) in [5.74, 6) is 0.00826. The first-order valence-corrected chi connectivity index (χ1v) is 11.0. The molecule has 6 nitrogen and oxygen atoms in total. The predicted molar refractivity (Wildman–Crippen MR) is 127 cm³/mol. The lowest BCUT2D eigenvalue weighted by atomic mass is 9.97. The summed E-state index contributed by atoms with van der Waals surface area (Å²) < 4.78 is 52.9. The Morgan fingerprint density at radius 1 is 1.17 bits per heavy atom. The number of halogens is 6. The number of nitrogens with zero attached hydrogens (tertiary/aromatic N) is 3. The summed E-state index contributed by atoms with van der Waals surface area (Å²) in [5, 5.41) is 4.65. The number of hydrogen-bond donors (Lipinski definition) is 1. The van der Waals surface area contributed by atoms with Gasteiger partial charge in [-0.25, -0.2) is 9.37 Å². The smallest absolute Gasteiger partial charge is 0.446 e. The highest BCUT2D eigenvalue weighted by Crippen LogP contribution is 2.37. The Bertz CT molecular complexity index is 1180. The van der Waals surface area contributed by atoms with Gasteiger partial charge in [0.05, 0.1) is 11.2 Å². The highest BCUT2D eigenvalue weighted by molar-refractivity contribution is 6.36. The van der Waals surface area contributed by atoms with Gasteiger partial charge in [-0.1, -0.05) is 44.0 Å². The molecule has 1 aromatic carbocycles. The number of anilines is 1. The molecule has 0 fully saturated rings. The Morgan fingerprint density at radius 2 is 1.80 bits per heavy atom. The van der Waals surface area contributed by atoms with Crippen molar-refractivity contribution < 1.29 is 27.1 Å². The van der Waals surface area contributed by atoms with Crippen LogP contribution in [0.4, 0.5) is 23.4 Å². The summed E-state index contributed by atoms with van der Waals surface area (Å²) in [6.45, 7) is 8.95. The average molecular weight is 535 g/mol. The Morgan fingerprint density at radius 3 is 2.37 bits per heavy atom. The Labute approximate surface area is 210 Å². The van der Waals surface area contributed by atoms with E-state index in [1.54, 1.807) is 25.4 Å². The number of hydrogen-bond acceptors (Lipinski definition) is 5. The van der Waals surface area contributed by atoms with Crippen molar-refractivity contribution in [3.05, 3.63) is 58.2 Å². The van der Waals surface area contributed by atoms with E-state index in [4.69, 9.17) is 38.5 Å². The molecule has 12 heteroatoms. The molecule has 0 bridgehead atoms. The van der Waals surface area contributed by atoms with Crippen LogP contribution in [0.25, 0.3) is 11.1 Å². The van der Waals surface area contributed by atoms with E-state index >= 15 is 0 Å². The molecule has 0 aliphatic heterocycles. The lowest BCUT2D eigenvalue weighted by molar-refractivity contribution is -0.156. The first kappa shape index (κ1) is 28.4. The van der Waals surface area contributed by atoms with Gasteiger partial charge in [0.1, 0.15) is 11.9 Å². The van der Waals surface area contributed by atoms with E-state index in [0.29, 0.717) is 16.3 Å². The lowest BCUT2D eigenvalue weighted by Gasteiger charge is -2.19. The van der Waals surface area contributed by atoms with Crippen molar-refractivity contribution in [3.63, 3.8) is 0 Å². The minimum absolute atomic E-state index is 0.0730. The van der Waals surface area contributed by atoms with Crippen molar-refractivity contribution in [3.8, 4) is 16.9 Å². The van der Waals surface area contributed by atoms with Gasteiger partial charge >= 0.3 is 6.18 Å². The Balaban J connectivity index is 0.000000641. The van der Waals surface area contributed by atoms with Crippen molar-refractivity contribution in [2.24, 2.45) is 5.41 Å². The maximum atomic E-state index is 13.9. The quantitative estimate of drug-likeness (QED) is 0.218.